The van der Waals surface area contributed by atoms with Crippen LogP contribution in [0.2, 0.25) is 0 Å². The van der Waals surface area contributed by atoms with E-state index in [1.807, 2.05) is 13.1 Å². The zero-order chi connectivity index (χ0) is 15.2. The van der Waals surface area contributed by atoms with Crippen LogP contribution < -0.4 is 10.1 Å². The van der Waals surface area contributed by atoms with Crippen molar-refractivity contribution in [1.82, 2.24) is 20.3 Å². The zero-order valence-corrected chi connectivity index (χ0v) is 12.6. The molecule has 1 aromatic carbocycles. The first-order chi connectivity index (χ1) is 10.0. The smallest absolute Gasteiger partial charge is 0.123 e. The highest BCUT2D eigenvalue weighted by molar-refractivity contribution is 5.32. The molecule has 1 aromatic heterocycles. The topological polar surface area (TPSA) is 52.0 Å². The molecule has 2 rings (SSSR count). The number of ether oxygens (including phenoxy) is 1. The molecule has 0 fully saturated rings. The Balaban J connectivity index is 1.80. The van der Waals surface area contributed by atoms with Gasteiger partial charge in [-0.15, -0.1) is 5.10 Å². The molecule has 6 heteroatoms. The molecule has 0 aliphatic carbocycles. The second-order valence-electron chi connectivity index (χ2n) is 5.27. The summed E-state index contributed by atoms with van der Waals surface area (Å²) >= 11 is 0. The second-order valence-corrected chi connectivity index (χ2v) is 5.27. The summed E-state index contributed by atoms with van der Waals surface area (Å²) in [7, 11) is 0. The number of hydrogen-bond donors (Lipinski definition) is 1. The van der Waals surface area contributed by atoms with Crippen LogP contribution in [0, 0.1) is 12.7 Å². The summed E-state index contributed by atoms with van der Waals surface area (Å²) in [4.78, 5) is 0. The summed E-state index contributed by atoms with van der Waals surface area (Å²) in [6.45, 7) is 7.77. The van der Waals surface area contributed by atoms with Crippen molar-refractivity contribution in [2.24, 2.45) is 0 Å². The van der Waals surface area contributed by atoms with Gasteiger partial charge >= 0.3 is 0 Å². The quantitative estimate of drug-likeness (QED) is 0.851. The van der Waals surface area contributed by atoms with Gasteiger partial charge in [-0.25, -0.2) is 9.07 Å². The van der Waals surface area contributed by atoms with Crippen molar-refractivity contribution in [3.63, 3.8) is 0 Å². The number of nitrogens with zero attached hydrogens (tertiary/aromatic N) is 3. The van der Waals surface area contributed by atoms with E-state index in [9.17, 15) is 4.39 Å². The van der Waals surface area contributed by atoms with E-state index in [-0.39, 0.29) is 5.82 Å². The Labute approximate surface area is 124 Å². The van der Waals surface area contributed by atoms with Gasteiger partial charge in [0.1, 0.15) is 18.2 Å². The Kier molecular flexibility index (Phi) is 5.27. The number of aryl methyl sites for hydroxylation is 1. The van der Waals surface area contributed by atoms with Gasteiger partial charge in [0.15, 0.2) is 0 Å². The van der Waals surface area contributed by atoms with Crippen molar-refractivity contribution in [3.8, 4) is 5.75 Å². The fourth-order valence-corrected chi connectivity index (χ4v) is 1.86. The zero-order valence-electron chi connectivity index (χ0n) is 12.6. The number of halogens is 1. The summed E-state index contributed by atoms with van der Waals surface area (Å²) in [5, 5.41) is 11.4. The van der Waals surface area contributed by atoms with Gasteiger partial charge in [0.2, 0.25) is 0 Å². The van der Waals surface area contributed by atoms with Crippen LogP contribution >= 0.6 is 0 Å². The molecule has 0 saturated heterocycles. The molecule has 0 aliphatic rings. The Bertz CT molecular complexity index is 583. The third kappa shape index (κ3) is 4.82. The predicted octanol–water partition coefficient (Wildman–Crippen LogP) is 2.30. The maximum absolute atomic E-state index is 13.0. The molecule has 0 radical (unpaired) electrons. The van der Waals surface area contributed by atoms with Crippen LogP contribution in [0.25, 0.3) is 0 Å². The molecule has 0 unspecified atom stereocenters. The molecule has 21 heavy (non-hydrogen) atoms. The monoisotopic (exact) mass is 292 g/mol. The first kappa shape index (κ1) is 15.4. The number of aromatic nitrogens is 3. The Morgan fingerprint density at radius 3 is 2.90 bits per heavy atom. The van der Waals surface area contributed by atoms with Crippen molar-refractivity contribution in [3.05, 3.63) is 41.5 Å². The Morgan fingerprint density at radius 1 is 1.38 bits per heavy atom. The molecule has 1 heterocycles. The lowest BCUT2D eigenvalue weighted by molar-refractivity contribution is 0.287. The van der Waals surface area contributed by atoms with Gasteiger partial charge in [0, 0.05) is 18.8 Å². The van der Waals surface area contributed by atoms with Crippen molar-refractivity contribution in [2.45, 2.75) is 39.9 Å². The van der Waals surface area contributed by atoms with Gasteiger partial charge in [-0.1, -0.05) is 19.1 Å². The minimum Gasteiger partial charge on any atom is -0.491 e. The maximum atomic E-state index is 13.0. The first-order valence-electron chi connectivity index (χ1n) is 7.06. The van der Waals surface area contributed by atoms with Crippen LogP contribution in [-0.4, -0.2) is 27.6 Å². The summed E-state index contributed by atoms with van der Waals surface area (Å²) in [5.74, 6) is 0.441. The van der Waals surface area contributed by atoms with E-state index in [1.165, 1.54) is 12.1 Å². The lowest BCUT2D eigenvalue weighted by Gasteiger charge is -2.08. The normalized spacial score (nSPS) is 11.1. The molecule has 0 bridgehead atoms. The molecule has 0 amide bonds. The predicted molar refractivity (Wildman–Crippen MR) is 78.6 cm³/mol. The summed E-state index contributed by atoms with van der Waals surface area (Å²) in [6, 6.07) is 4.91. The highest BCUT2D eigenvalue weighted by atomic mass is 19.1. The summed E-state index contributed by atoms with van der Waals surface area (Å²) < 4.78 is 20.4. The fourth-order valence-electron chi connectivity index (χ4n) is 1.86. The van der Waals surface area contributed by atoms with Gasteiger partial charge < -0.3 is 10.1 Å². The molecule has 1 N–H and O–H groups in total. The average molecular weight is 292 g/mol. The van der Waals surface area contributed by atoms with E-state index >= 15 is 0 Å². The standard InChI is InChI=1S/C15H21FN4O/c1-11(2)17-9-14-10-20(19-18-14)6-7-21-15-5-4-13(16)8-12(15)3/h4-5,8,10-11,17H,6-7,9H2,1-3H3. The van der Waals surface area contributed by atoms with E-state index in [4.69, 9.17) is 4.74 Å². The molecule has 0 spiro atoms. The highest BCUT2D eigenvalue weighted by Crippen LogP contribution is 2.18. The van der Waals surface area contributed by atoms with E-state index < -0.39 is 0 Å². The number of benzene rings is 1. The summed E-state index contributed by atoms with van der Waals surface area (Å²) in [6.07, 6.45) is 1.90. The number of hydrogen-bond acceptors (Lipinski definition) is 4. The summed E-state index contributed by atoms with van der Waals surface area (Å²) in [5.41, 5.74) is 1.69. The van der Waals surface area contributed by atoms with Gasteiger partial charge in [-0.3, -0.25) is 0 Å². The van der Waals surface area contributed by atoms with Crippen LogP contribution in [0.15, 0.2) is 24.4 Å². The third-order valence-corrected chi connectivity index (χ3v) is 2.99. The molecular formula is C15H21FN4O. The van der Waals surface area contributed by atoms with E-state index in [0.717, 1.165) is 11.3 Å². The first-order valence-corrected chi connectivity index (χ1v) is 7.06. The SMILES string of the molecule is Cc1cc(F)ccc1OCCn1cc(CNC(C)C)nn1. The third-order valence-electron chi connectivity index (χ3n) is 2.99. The Hall–Kier alpha value is -1.95. The van der Waals surface area contributed by atoms with Crippen molar-refractivity contribution < 1.29 is 9.13 Å². The van der Waals surface area contributed by atoms with E-state index in [1.54, 1.807) is 10.7 Å². The fraction of sp³-hybridized carbons (Fsp3) is 0.467. The van der Waals surface area contributed by atoms with Crippen LogP contribution in [0.1, 0.15) is 25.1 Å². The van der Waals surface area contributed by atoms with Crippen LogP contribution in [0.3, 0.4) is 0 Å². The largest absolute Gasteiger partial charge is 0.491 e. The lowest BCUT2D eigenvalue weighted by Crippen LogP contribution is -2.21. The van der Waals surface area contributed by atoms with Crippen LogP contribution in [0.4, 0.5) is 4.39 Å². The minimum atomic E-state index is -0.251. The van der Waals surface area contributed by atoms with Gasteiger partial charge in [-0.2, -0.15) is 0 Å². The highest BCUT2D eigenvalue weighted by Gasteiger charge is 2.04. The van der Waals surface area contributed by atoms with Crippen molar-refractivity contribution >= 4 is 0 Å². The molecule has 114 valence electrons. The van der Waals surface area contributed by atoms with Crippen molar-refractivity contribution in [2.75, 3.05) is 6.61 Å². The number of nitrogens with one attached hydrogen (secondary N) is 1. The van der Waals surface area contributed by atoms with Gasteiger partial charge in [-0.05, 0) is 30.7 Å². The van der Waals surface area contributed by atoms with E-state index in [2.05, 4.69) is 29.5 Å². The lowest BCUT2D eigenvalue weighted by atomic mass is 10.2. The van der Waals surface area contributed by atoms with Crippen LogP contribution in [0.5, 0.6) is 5.75 Å². The maximum Gasteiger partial charge on any atom is 0.123 e. The average Bonchev–Trinajstić information content (AvgIpc) is 2.87. The minimum absolute atomic E-state index is 0.251. The molecule has 2 aromatic rings. The van der Waals surface area contributed by atoms with Crippen molar-refractivity contribution in [1.29, 1.82) is 0 Å². The van der Waals surface area contributed by atoms with E-state index in [0.29, 0.717) is 31.5 Å². The molecule has 5 nitrogen and oxygen atoms in total. The van der Waals surface area contributed by atoms with Crippen LogP contribution in [-0.2, 0) is 13.1 Å². The molecule has 0 aliphatic heterocycles. The Morgan fingerprint density at radius 2 is 2.19 bits per heavy atom. The molecule has 0 saturated carbocycles. The van der Waals surface area contributed by atoms with Gasteiger partial charge in [0.05, 0.1) is 12.2 Å². The molecular weight excluding hydrogens is 271 g/mol. The second kappa shape index (κ2) is 7.17. The number of rotatable bonds is 7. The van der Waals surface area contributed by atoms with Gasteiger partial charge in [0.25, 0.3) is 0 Å². The molecule has 0 atom stereocenters.